The van der Waals surface area contributed by atoms with Crippen LogP contribution in [0.5, 0.6) is 5.88 Å². The van der Waals surface area contributed by atoms with E-state index in [1.165, 1.54) is 0 Å². The lowest BCUT2D eigenvalue weighted by Crippen LogP contribution is -2.40. The van der Waals surface area contributed by atoms with Crippen molar-refractivity contribution in [2.45, 2.75) is 97.2 Å². The summed E-state index contributed by atoms with van der Waals surface area (Å²) in [6, 6.07) is 24.5. The predicted molar refractivity (Wildman–Crippen MR) is 191 cm³/mol. The van der Waals surface area contributed by atoms with E-state index in [9.17, 15) is 9.59 Å². The SMILES string of the molecule is CC(C)(C)OC(=O)NCCCNC(=O)CCCCC1(C(C)(C)CCCCOc2cc(-c3ccccc3)cc(-c3ccccc3)n2)N=NN=N1. The van der Waals surface area contributed by atoms with Crippen LogP contribution in [0.25, 0.3) is 22.4 Å². The number of aromatic nitrogens is 1. The quantitative estimate of drug-likeness (QED) is 0.130. The molecule has 0 fully saturated rings. The van der Waals surface area contributed by atoms with E-state index in [0.29, 0.717) is 51.3 Å². The molecule has 0 aliphatic carbocycles. The molecule has 49 heavy (non-hydrogen) atoms. The lowest BCUT2D eigenvalue weighted by molar-refractivity contribution is -0.121. The monoisotopic (exact) mass is 669 g/mol. The van der Waals surface area contributed by atoms with Crippen LogP contribution in [0, 0.1) is 5.41 Å². The highest BCUT2D eigenvalue weighted by molar-refractivity contribution is 5.75. The van der Waals surface area contributed by atoms with Crippen molar-refractivity contribution in [2.75, 3.05) is 19.7 Å². The zero-order valence-corrected chi connectivity index (χ0v) is 29.6. The number of rotatable bonds is 18. The van der Waals surface area contributed by atoms with Gasteiger partial charge in [-0.2, -0.15) is 0 Å². The summed E-state index contributed by atoms with van der Waals surface area (Å²) in [7, 11) is 0. The summed E-state index contributed by atoms with van der Waals surface area (Å²) in [4.78, 5) is 28.9. The Kier molecular flexibility index (Phi) is 13.4. The molecule has 1 aliphatic heterocycles. The van der Waals surface area contributed by atoms with E-state index in [1.807, 2.05) is 63.2 Å². The number of ether oxygens (including phenoxy) is 2. The van der Waals surface area contributed by atoms with Gasteiger partial charge in [0.05, 0.1) is 12.3 Å². The molecule has 1 aromatic heterocycles. The fourth-order valence-corrected chi connectivity index (χ4v) is 5.66. The molecule has 2 N–H and O–H groups in total. The highest BCUT2D eigenvalue weighted by Gasteiger charge is 2.47. The number of unbranched alkanes of at least 4 members (excludes halogenated alkanes) is 2. The van der Waals surface area contributed by atoms with Gasteiger partial charge < -0.3 is 20.1 Å². The van der Waals surface area contributed by atoms with Gasteiger partial charge in [-0.15, -0.1) is 10.2 Å². The fourth-order valence-electron chi connectivity index (χ4n) is 5.66. The molecule has 2 amide bonds. The van der Waals surface area contributed by atoms with Crippen LogP contribution in [0.1, 0.15) is 86.0 Å². The maximum atomic E-state index is 12.4. The van der Waals surface area contributed by atoms with Crippen LogP contribution in [-0.4, -0.2) is 47.9 Å². The van der Waals surface area contributed by atoms with Gasteiger partial charge in [0.15, 0.2) is 5.66 Å². The number of carbonyl (C=O) groups excluding carboxylic acids is 2. The molecule has 0 radical (unpaired) electrons. The molecule has 0 atom stereocenters. The number of benzene rings is 2. The number of nitrogens with zero attached hydrogens (tertiary/aromatic N) is 5. The first-order valence-electron chi connectivity index (χ1n) is 17.3. The molecule has 4 rings (SSSR count). The van der Waals surface area contributed by atoms with Gasteiger partial charge in [0.1, 0.15) is 5.60 Å². The van der Waals surface area contributed by atoms with Crippen LogP contribution in [0.15, 0.2) is 93.5 Å². The second kappa shape index (κ2) is 17.6. The number of nitrogens with one attached hydrogen (secondary N) is 2. The van der Waals surface area contributed by atoms with E-state index in [4.69, 9.17) is 14.5 Å². The standard InChI is InChI=1S/C38H51N7O4/c1-36(2,3)49-35(47)40-25-16-24-39-33(46)21-12-13-23-38(42-44-45-43-38)37(4,5)22-14-15-26-48-34-28-31(29-17-8-6-9-18-29)27-32(41-34)30-19-10-7-11-20-30/h6-11,17-20,27-28H,12-16,21-26H2,1-5H3,(H,39,46)(H,40,47). The van der Waals surface area contributed by atoms with Gasteiger partial charge in [-0.1, -0.05) is 74.5 Å². The average molecular weight is 670 g/mol. The molecule has 0 bridgehead atoms. The molecule has 0 unspecified atom stereocenters. The van der Waals surface area contributed by atoms with Crippen LogP contribution in [0.3, 0.4) is 0 Å². The number of carbonyl (C=O) groups is 2. The lowest BCUT2D eigenvalue weighted by Gasteiger charge is -2.37. The van der Waals surface area contributed by atoms with Crippen LogP contribution >= 0.6 is 0 Å². The Hall–Kier alpha value is -4.67. The maximum Gasteiger partial charge on any atom is 0.407 e. The van der Waals surface area contributed by atoms with Crippen molar-refractivity contribution in [1.29, 1.82) is 0 Å². The second-order valence-electron chi connectivity index (χ2n) is 14.0. The van der Waals surface area contributed by atoms with Crippen LogP contribution < -0.4 is 15.4 Å². The van der Waals surface area contributed by atoms with Gasteiger partial charge >= 0.3 is 6.09 Å². The summed E-state index contributed by atoms with van der Waals surface area (Å²) in [6.07, 6.45) is 5.34. The van der Waals surface area contributed by atoms with Crippen molar-refractivity contribution in [3.05, 3.63) is 72.8 Å². The molecule has 1 aliphatic rings. The highest BCUT2D eigenvalue weighted by Crippen LogP contribution is 2.46. The third-order valence-corrected chi connectivity index (χ3v) is 8.49. The molecular weight excluding hydrogens is 618 g/mol. The minimum absolute atomic E-state index is 0.0139. The first-order chi connectivity index (χ1) is 23.5. The second-order valence-corrected chi connectivity index (χ2v) is 14.0. The topological polar surface area (TPSA) is 139 Å². The largest absolute Gasteiger partial charge is 0.478 e. The van der Waals surface area contributed by atoms with E-state index < -0.39 is 17.4 Å². The fraction of sp³-hybridized carbons (Fsp3) is 0.500. The summed E-state index contributed by atoms with van der Waals surface area (Å²) >= 11 is 0. The van der Waals surface area contributed by atoms with Crippen molar-refractivity contribution in [2.24, 2.45) is 26.1 Å². The maximum absolute atomic E-state index is 12.4. The zero-order valence-electron chi connectivity index (χ0n) is 29.6. The van der Waals surface area contributed by atoms with Crippen molar-refractivity contribution in [3.63, 3.8) is 0 Å². The van der Waals surface area contributed by atoms with Gasteiger partial charge in [0, 0.05) is 36.6 Å². The molecule has 0 saturated carbocycles. The zero-order chi connectivity index (χ0) is 35.2. The van der Waals surface area contributed by atoms with Gasteiger partial charge in [-0.05, 0) is 93.4 Å². The molecule has 11 heteroatoms. The molecular formula is C38H51N7O4. The Morgan fingerprint density at radius 1 is 0.735 bits per heavy atom. The smallest absolute Gasteiger partial charge is 0.407 e. The van der Waals surface area contributed by atoms with Crippen LogP contribution in [0.4, 0.5) is 4.79 Å². The Morgan fingerprint density at radius 2 is 1.39 bits per heavy atom. The van der Waals surface area contributed by atoms with E-state index in [1.54, 1.807) is 0 Å². The molecule has 3 aromatic rings. The van der Waals surface area contributed by atoms with Crippen molar-refractivity contribution in [3.8, 4) is 28.3 Å². The van der Waals surface area contributed by atoms with Gasteiger partial charge in [-0.25, -0.2) is 9.78 Å². The summed E-state index contributed by atoms with van der Waals surface area (Å²) in [5.41, 5.74) is 2.54. The lowest BCUT2D eigenvalue weighted by atomic mass is 9.73. The Labute approximate surface area is 290 Å². The Bertz CT molecular complexity index is 1480. The first-order valence-corrected chi connectivity index (χ1v) is 17.3. The Balaban J connectivity index is 1.20. The number of alkyl carbamates (subject to hydrolysis) is 1. The van der Waals surface area contributed by atoms with Gasteiger partial charge in [0.25, 0.3) is 0 Å². The summed E-state index contributed by atoms with van der Waals surface area (Å²) in [5.74, 6) is 0.593. The molecule has 2 heterocycles. The predicted octanol–water partition coefficient (Wildman–Crippen LogP) is 9.11. The third-order valence-electron chi connectivity index (χ3n) is 8.49. The summed E-state index contributed by atoms with van der Waals surface area (Å²) in [6.45, 7) is 11.2. The molecule has 262 valence electrons. The molecule has 2 aromatic carbocycles. The van der Waals surface area contributed by atoms with Crippen LogP contribution in [0.2, 0.25) is 0 Å². The van der Waals surface area contributed by atoms with Crippen molar-refractivity contribution >= 4 is 12.0 Å². The molecule has 0 saturated heterocycles. The van der Waals surface area contributed by atoms with E-state index >= 15 is 0 Å². The third kappa shape index (κ3) is 11.8. The van der Waals surface area contributed by atoms with E-state index in [0.717, 1.165) is 48.1 Å². The molecule has 11 nitrogen and oxygen atoms in total. The Morgan fingerprint density at radius 3 is 2.06 bits per heavy atom. The minimum Gasteiger partial charge on any atom is -0.478 e. The number of hydrogen-bond donors (Lipinski definition) is 2. The summed E-state index contributed by atoms with van der Waals surface area (Å²) < 4.78 is 11.4. The van der Waals surface area contributed by atoms with Gasteiger partial charge in [-0.3, -0.25) is 4.79 Å². The number of hydrogen-bond acceptors (Lipinski definition) is 9. The number of amides is 2. The molecule has 0 spiro atoms. The van der Waals surface area contributed by atoms with E-state index in [2.05, 4.69) is 75.5 Å². The highest BCUT2D eigenvalue weighted by atomic mass is 16.6. The summed E-state index contributed by atoms with van der Waals surface area (Å²) in [5, 5.41) is 22.4. The van der Waals surface area contributed by atoms with E-state index in [-0.39, 0.29) is 11.3 Å². The minimum atomic E-state index is -0.742. The van der Waals surface area contributed by atoms with Crippen molar-refractivity contribution < 1.29 is 19.1 Å². The average Bonchev–Trinajstić information content (AvgIpc) is 3.57. The van der Waals surface area contributed by atoms with Crippen molar-refractivity contribution in [1.82, 2.24) is 15.6 Å². The van der Waals surface area contributed by atoms with Crippen LogP contribution in [-0.2, 0) is 9.53 Å². The number of pyridine rings is 1. The van der Waals surface area contributed by atoms with Gasteiger partial charge in [0.2, 0.25) is 11.8 Å². The normalized spacial score (nSPS) is 13.7. The first kappa shape index (κ1) is 37.2.